The molecule has 1 heterocycles. The number of halogens is 2. The lowest BCUT2D eigenvalue weighted by Crippen LogP contribution is -2.01. The number of hydrogen-bond donors (Lipinski definition) is 1. The molecule has 0 bridgehead atoms. The molecule has 0 fully saturated rings. The highest BCUT2D eigenvalue weighted by Gasteiger charge is 2.16. The van der Waals surface area contributed by atoms with Gasteiger partial charge >= 0.3 is 0 Å². The second-order valence-electron chi connectivity index (χ2n) is 4.63. The molecule has 1 aliphatic heterocycles. The molecule has 0 aromatic heterocycles. The van der Waals surface area contributed by atoms with Gasteiger partial charge in [-0.2, -0.15) is 0 Å². The average molecular weight is 355 g/mol. The zero-order valence-corrected chi connectivity index (χ0v) is 13.2. The van der Waals surface area contributed by atoms with Crippen LogP contribution in [0.4, 0.5) is 5.69 Å². The van der Waals surface area contributed by atoms with E-state index in [4.69, 9.17) is 21.1 Å². The quantitative estimate of drug-likeness (QED) is 0.862. The summed E-state index contributed by atoms with van der Waals surface area (Å²) in [5.74, 6) is 1.41. The predicted octanol–water partition coefficient (Wildman–Crippen LogP) is 4.75. The molecule has 0 amide bonds. The van der Waals surface area contributed by atoms with E-state index in [1.165, 1.54) is 11.1 Å². The fourth-order valence-electron chi connectivity index (χ4n) is 2.04. The van der Waals surface area contributed by atoms with Gasteiger partial charge in [-0.25, -0.2) is 0 Å². The van der Waals surface area contributed by atoms with Gasteiger partial charge in [-0.1, -0.05) is 39.7 Å². The minimum Gasteiger partial charge on any atom is -0.454 e. The van der Waals surface area contributed by atoms with Gasteiger partial charge in [-0.05, 0) is 24.1 Å². The highest BCUT2D eigenvalue weighted by Crippen LogP contribution is 2.39. The Hall–Kier alpha value is -1.39. The Morgan fingerprint density at radius 2 is 1.95 bits per heavy atom. The van der Waals surface area contributed by atoms with Gasteiger partial charge in [0.05, 0.1) is 10.7 Å². The smallest absolute Gasteiger partial charge is 0.231 e. The van der Waals surface area contributed by atoms with Gasteiger partial charge in [0.1, 0.15) is 0 Å². The largest absolute Gasteiger partial charge is 0.454 e. The van der Waals surface area contributed by atoms with Gasteiger partial charge in [-0.3, -0.25) is 0 Å². The molecule has 0 unspecified atom stereocenters. The van der Waals surface area contributed by atoms with Gasteiger partial charge in [0, 0.05) is 23.2 Å². The van der Waals surface area contributed by atoms with Crippen molar-refractivity contribution in [3.05, 3.63) is 51.0 Å². The Morgan fingerprint density at radius 3 is 2.70 bits per heavy atom. The average Bonchev–Trinajstić information content (AvgIpc) is 2.84. The number of hydrogen-bond acceptors (Lipinski definition) is 3. The first-order valence-corrected chi connectivity index (χ1v) is 7.38. The van der Waals surface area contributed by atoms with E-state index in [-0.39, 0.29) is 6.79 Å². The van der Waals surface area contributed by atoms with Crippen molar-refractivity contribution in [2.45, 2.75) is 13.5 Å². The molecule has 0 radical (unpaired) electrons. The molecule has 0 spiro atoms. The van der Waals surface area contributed by atoms with Crippen molar-refractivity contribution in [1.29, 1.82) is 0 Å². The Labute approximate surface area is 131 Å². The fourth-order valence-corrected chi connectivity index (χ4v) is 2.89. The van der Waals surface area contributed by atoms with Crippen LogP contribution in [0, 0.1) is 6.92 Å². The van der Waals surface area contributed by atoms with Gasteiger partial charge < -0.3 is 14.8 Å². The zero-order chi connectivity index (χ0) is 14.1. The van der Waals surface area contributed by atoms with E-state index < -0.39 is 0 Å². The maximum Gasteiger partial charge on any atom is 0.231 e. The first-order chi connectivity index (χ1) is 9.63. The minimum atomic E-state index is 0.249. The van der Waals surface area contributed by atoms with Crippen LogP contribution in [0.25, 0.3) is 0 Å². The lowest BCUT2D eigenvalue weighted by atomic mass is 10.1. The molecule has 0 saturated heterocycles. The van der Waals surface area contributed by atoms with Gasteiger partial charge in [0.25, 0.3) is 0 Å². The molecule has 1 aliphatic rings. The number of anilines is 1. The summed E-state index contributed by atoms with van der Waals surface area (Å²) in [4.78, 5) is 0. The van der Waals surface area contributed by atoms with Crippen LogP contribution in [-0.2, 0) is 6.54 Å². The maximum atomic E-state index is 6.23. The van der Waals surface area contributed by atoms with E-state index in [0.29, 0.717) is 17.3 Å². The first-order valence-electron chi connectivity index (χ1n) is 6.21. The van der Waals surface area contributed by atoms with E-state index in [2.05, 4.69) is 46.4 Å². The van der Waals surface area contributed by atoms with Crippen molar-refractivity contribution in [3.8, 4) is 11.5 Å². The topological polar surface area (TPSA) is 30.5 Å². The van der Waals surface area contributed by atoms with E-state index >= 15 is 0 Å². The van der Waals surface area contributed by atoms with Crippen LogP contribution in [0.15, 0.2) is 34.8 Å². The normalized spacial score (nSPS) is 12.6. The lowest BCUT2D eigenvalue weighted by Gasteiger charge is -2.11. The highest BCUT2D eigenvalue weighted by atomic mass is 79.9. The number of benzene rings is 2. The molecular formula is C15H13BrClNO2. The number of fused-ring (bicyclic) bond motifs is 1. The van der Waals surface area contributed by atoms with Crippen molar-refractivity contribution in [3.63, 3.8) is 0 Å². The van der Waals surface area contributed by atoms with Crippen molar-refractivity contribution in [2.75, 3.05) is 12.1 Å². The van der Waals surface area contributed by atoms with Gasteiger partial charge in [-0.15, -0.1) is 0 Å². The Morgan fingerprint density at radius 1 is 1.20 bits per heavy atom. The van der Waals surface area contributed by atoms with Crippen molar-refractivity contribution < 1.29 is 9.47 Å². The molecule has 0 saturated carbocycles. The second kappa shape index (κ2) is 5.54. The van der Waals surface area contributed by atoms with E-state index in [0.717, 1.165) is 15.9 Å². The summed E-state index contributed by atoms with van der Waals surface area (Å²) in [5.41, 5.74) is 3.23. The minimum absolute atomic E-state index is 0.249. The van der Waals surface area contributed by atoms with Crippen LogP contribution in [0.3, 0.4) is 0 Å². The molecule has 0 atom stereocenters. The molecule has 20 heavy (non-hydrogen) atoms. The van der Waals surface area contributed by atoms with E-state index in [1.807, 2.05) is 6.07 Å². The standard InChI is InChI=1S/C15H13BrClNO2/c1-9-2-3-10(11(16)4-9)7-18-13-6-15-14(5-12(13)17)19-8-20-15/h2-6,18H,7-8H2,1H3. The van der Waals surface area contributed by atoms with Crippen LogP contribution in [0.1, 0.15) is 11.1 Å². The third kappa shape index (κ3) is 2.72. The molecule has 3 rings (SSSR count). The third-order valence-electron chi connectivity index (χ3n) is 3.14. The SMILES string of the molecule is Cc1ccc(CNc2cc3c(cc2Cl)OCO3)c(Br)c1. The summed E-state index contributed by atoms with van der Waals surface area (Å²) in [7, 11) is 0. The first kappa shape index (κ1) is 13.6. The third-order valence-corrected chi connectivity index (χ3v) is 4.19. The van der Waals surface area contributed by atoms with Crippen molar-refractivity contribution in [1.82, 2.24) is 0 Å². The monoisotopic (exact) mass is 353 g/mol. The molecule has 0 aliphatic carbocycles. The van der Waals surface area contributed by atoms with Gasteiger partial charge in [0.15, 0.2) is 11.5 Å². The highest BCUT2D eigenvalue weighted by molar-refractivity contribution is 9.10. The predicted molar refractivity (Wildman–Crippen MR) is 83.8 cm³/mol. The summed E-state index contributed by atoms with van der Waals surface area (Å²) in [6.07, 6.45) is 0. The fraction of sp³-hybridized carbons (Fsp3) is 0.200. The number of nitrogens with one attached hydrogen (secondary N) is 1. The van der Waals surface area contributed by atoms with E-state index in [9.17, 15) is 0 Å². The van der Waals surface area contributed by atoms with Crippen LogP contribution in [0.2, 0.25) is 5.02 Å². The molecule has 104 valence electrons. The molecule has 2 aromatic carbocycles. The van der Waals surface area contributed by atoms with Crippen LogP contribution >= 0.6 is 27.5 Å². The summed E-state index contributed by atoms with van der Waals surface area (Å²) < 4.78 is 11.7. The number of ether oxygens (including phenoxy) is 2. The molecule has 1 N–H and O–H groups in total. The zero-order valence-electron chi connectivity index (χ0n) is 10.9. The Kier molecular flexibility index (Phi) is 3.76. The second-order valence-corrected chi connectivity index (χ2v) is 5.90. The molecule has 5 heteroatoms. The Balaban J connectivity index is 1.78. The Bertz CT molecular complexity index is 661. The molecular weight excluding hydrogens is 342 g/mol. The summed E-state index contributed by atoms with van der Waals surface area (Å²) in [6.45, 7) is 3.00. The van der Waals surface area contributed by atoms with Crippen molar-refractivity contribution in [2.24, 2.45) is 0 Å². The summed E-state index contributed by atoms with van der Waals surface area (Å²) in [6, 6.07) is 9.91. The number of rotatable bonds is 3. The lowest BCUT2D eigenvalue weighted by molar-refractivity contribution is 0.174. The van der Waals surface area contributed by atoms with Crippen LogP contribution < -0.4 is 14.8 Å². The molecule has 3 nitrogen and oxygen atoms in total. The van der Waals surface area contributed by atoms with Crippen molar-refractivity contribution >= 4 is 33.2 Å². The van der Waals surface area contributed by atoms with Crippen LogP contribution in [-0.4, -0.2) is 6.79 Å². The van der Waals surface area contributed by atoms with E-state index in [1.54, 1.807) is 6.07 Å². The van der Waals surface area contributed by atoms with Crippen LogP contribution in [0.5, 0.6) is 11.5 Å². The maximum absolute atomic E-state index is 6.23. The molecule has 2 aromatic rings. The summed E-state index contributed by atoms with van der Waals surface area (Å²) in [5, 5.41) is 3.94. The summed E-state index contributed by atoms with van der Waals surface area (Å²) >= 11 is 9.80. The van der Waals surface area contributed by atoms with Gasteiger partial charge in [0.2, 0.25) is 6.79 Å². The number of aryl methyl sites for hydroxylation is 1.